The van der Waals surface area contributed by atoms with Crippen molar-refractivity contribution in [2.24, 2.45) is 5.92 Å². The predicted octanol–water partition coefficient (Wildman–Crippen LogP) is 1.56. The van der Waals surface area contributed by atoms with Gasteiger partial charge in [-0.1, -0.05) is 12.8 Å². The van der Waals surface area contributed by atoms with Gasteiger partial charge >= 0.3 is 0 Å². The third kappa shape index (κ3) is 1.80. The number of ether oxygens (including phenoxy) is 1. The second-order valence-electron chi connectivity index (χ2n) is 4.51. The van der Waals surface area contributed by atoms with E-state index in [9.17, 15) is 0 Å². The second-order valence-corrected chi connectivity index (χ2v) is 4.51. The maximum atomic E-state index is 5.89. The highest BCUT2D eigenvalue weighted by atomic mass is 16.5. The van der Waals surface area contributed by atoms with Gasteiger partial charge in [0.2, 0.25) is 0 Å². The van der Waals surface area contributed by atoms with Crippen molar-refractivity contribution in [3.8, 4) is 0 Å². The summed E-state index contributed by atoms with van der Waals surface area (Å²) in [7, 11) is 0. The average molecular weight is 169 g/mol. The number of rotatable bonds is 3. The molecule has 1 aliphatic carbocycles. The summed E-state index contributed by atoms with van der Waals surface area (Å²) in [6.45, 7) is 5.29. The summed E-state index contributed by atoms with van der Waals surface area (Å²) in [6.07, 6.45) is 5.62. The molecular weight excluding hydrogens is 150 g/mol. The maximum absolute atomic E-state index is 5.89. The Balaban J connectivity index is 1.67. The molecule has 0 radical (unpaired) electrons. The molecule has 1 heterocycles. The molecule has 2 heteroatoms. The van der Waals surface area contributed by atoms with Crippen LogP contribution in [-0.4, -0.2) is 25.3 Å². The second kappa shape index (κ2) is 3.35. The molecule has 0 amide bonds. The summed E-state index contributed by atoms with van der Waals surface area (Å²) in [4.78, 5) is 0. The van der Waals surface area contributed by atoms with Gasteiger partial charge in [0.05, 0.1) is 12.2 Å². The Hall–Kier alpha value is -0.0800. The van der Waals surface area contributed by atoms with Crippen LogP contribution in [0.5, 0.6) is 0 Å². The zero-order valence-corrected chi connectivity index (χ0v) is 7.94. The fraction of sp³-hybridized carbons (Fsp3) is 1.00. The van der Waals surface area contributed by atoms with Crippen LogP contribution in [0, 0.1) is 5.92 Å². The van der Waals surface area contributed by atoms with Gasteiger partial charge in [-0.05, 0) is 25.7 Å². The lowest BCUT2D eigenvalue weighted by atomic mass is 9.99. The van der Waals surface area contributed by atoms with Gasteiger partial charge in [-0.25, -0.2) is 0 Å². The molecule has 1 N–H and O–H groups in total. The van der Waals surface area contributed by atoms with E-state index in [1.54, 1.807) is 0 Å². The van der Waals surface area contributed by atoms with E-state index in [-0.39, 0.29) is 5.60 Å². The molecule has 2 aliphatic rings. The largest absolute Gasteiger partial charge is 0.372 e. The Morgan fingerprint density at radius 1 is 1.33 bits per heavy atom. The summed E-state index contributed by atoms with van der Waals surface area (Å²) in [5, 5.41) is 3.25. The van der Waals surface area contributed by atoms with Gasteiger partial charge in [0.15, 0.2) is 0 Å². The fourth-order valence-electron chi connectivity index (χ4n) is 2.08. The SMILES string of the molecule is CC1(OCC2CCCC2)CNC1. The minimum absolute atomic E-state index is 0.169. The van der Waals surface area contributed by atoms with Crippen molar-refractivity contribution in [1.82, 2.24) is 5.32 Å². The molecule has 0 bridgehead atoms. The predicted molar refractivity (Wildman–Crippen MR) is 49.2 cm³/mol. The van der Waals surface area contributed by atoms with Gasteiger partial charge in [-0.3, -0.25) is 0 Å². The molecular formula is C10H19NO. The summed E-state index contributed by atoms with van der Waals surface area (Å²) in [6, 6.07) is 0. The topological polar surface area (TPSA) is 21.3 Å². The van der Waals surface area contributed by atoms with Crippen molar-refractivity contribution in [3.05, 3.63) is 0 Å². The molecule has 2 rings (SSSR count). The lowest BCUT2D eigenvalue weighted by Gasteiger charge is -2.39. The Bertz CT molecular complexity index is 148. The Morgan fingerprint density at radius 3 is 2.50 bits per heavy atom. The van der Waals surface area contributed by atoms with Crippen LogP contribution in [-0.2, 0) is 4.74 Å². The Kier molecular flexibility index (Phi) is 2.37. The van der Waals surface area contributed by atoms with E-state index in [1.165, 1.54) is 25.7 Å². The summed E-state index contributed by atoms with van der Waals surface area (Å²) in [5.41, 5.74) is 0.169. The van der Waals surface area contributed by atoms with Crippen molar-refractivity contribution in [2.75, 3.05) is 19.7 Å². The van der Waals surface area contributed by atoms with Crippen LogP contribution in [0.15, 0.2) is 0 Å². The number of nitrogens with one attached hydrogen (secondary N) is 1. The zero-order valence-electron chi connectivity index (χ0n) is 7.94. The first-order valence-corrected chi connectivity index (χ1v) is 5.13. The van der Waals surface area contributed by atoms with Crippen molar-refractivity contribution >= 4 is 0 Å². The van der Waals surface area contributed by atoms with E-state index in [4.69, 9.17) is 4.74 Å². The summed E-state index contributed by atoms with van der Waals surface area (Å²) >= 11 is 0. The molecule has 1 saturated carbocycles. The summed E-state index contributed by atoms with van der Waals surface area (Å²) < 4.78 is 5.89. The van der Waals surface area contributed by atoms with E-state index in [0.717, 1.165) is 25.6 Å². The van der Waals surface area contributed by atoms with Crippen LogP contribution in [0.3, 0.4) is 0 Å². The molecule has 2 nitrogen and oxygen atoms in total. The van der Waals surface area contributed by atoms with Crippen LogP contribution < -0.4 is 5.32 Å². The fourth-order valence-corrected chi connectivity index (χ4v) is 2.08. The van der Waals surface area contributed by atoms with E-state index in [0.29, 0.717) is 0 Å². The van der Waals surface area contributed by atoms with Crippen molar-refractivity contribution in [2.45, 2.75) is 38.2 Å². The zero-order chi connectivity index (χ0) is 8.44. The Labute approximate surface area is 74.7 Å². The van der Waals surface area contributed by atoms with Crippen LogP contribution in [0.25, 0.3) is 0 Å². The third-order valence-corrected chi connectivity index (χ3v) is 3.14. The highest BCUT2D eigenvalue weighted by molar-refractivity contribution is 4.90. The highest BCUT2D eigenvalue weighted by Gasteiger charge is 2.33. The van der Waals surface area contributed by atoms with E-state index >= 15 is 0 Å². The van der Waals surface area contributed by atoms with Gasteiger partial charge in [0, 0.05) is 13.1 Å². The minimum Gasteiger partial charge on any atom is -0.372 e. The molecule has 70 valence electrons. The molecule has 12 heavy (non-hydrogen) atoms. The first kappa shape index (κ1) is 8.52. The smallest absolute Gasteiger partial charge is 0.0901 e. The van der Waals surface area contributed by atoms with Gasteiger partial charge < -0.3 is 10.1 Å². The molecule has 0 spiro atoms. The lowest BCUT2D eigenvalue weighted by Crippen LogP contribution is -2.59. The highest BCUT2D eigenvalue weighted by Crippen LogP contribution is 2.27. The van der Waals surface area contributed by atoms with Crippen LogP contribution in [0.1, 0.15) is 32.6 Å². The Morgan fingerprint density at radius 2 is 2.00 bits per heavy atom. The number of hydrogen-bond acceptors (Lipinski definition) is 2. The van der Waals surface area contributed by atoms with Crippen molar-refractivity contribution in [3.63, 3.8) is 0 Å². The van der Waals surface area contributed by atoms with Gasteiger partial charge in [0.25, 0.3) is 0 Å². The van der Waals surface area contributed by atoms with Crippen molar-refractivity contribution < 1.29 is 4.74 Å². The summed E-state index contributed by atoms with van der Waals surface area (Å²) in [5.74, 6) is 0.863. The third-order valence-electron chi connectivity index (χ3n) is 3.14. The van der Waals surface area contributed by atoms with Crippen LogP contribution in [0.4, 0.5) is 0 Å². The average Bonchev–Trinajstić information content (AvgIpc) is 2.49. The van der Waals surface area contributed by atoms with Crippen LogP contribution in [0.2, 0.25) is 0 Å². The lowest BCUT2D eigenvalue weighted by molar-refractivity contribution is -0.0792. The normalized spacial score (nSPS) is 28.8. The molecule has 0 aromatic heterocycles. The molecule has 0 aromatic rings. The van der Waals surface area contributed by atoms with Gasteiger partial charge in [0.1, 0.15) is 0 Å². The monoisotopic (exact) mass is 169 g/mol. The van der Waals surface area contributed by atoms with E-state index < -0.39 is 0 Å². The first-order valence-electron chi connectivity index (χ1n) is 5.13. The molecule has 1 aliphatic heterocycles. The number of hydrogen-bond donors (Lipinski definition) is 1. The quantitative estimate of drug-likeness (QED) is 0.692. The minimum atomic E-state index is 0.169. The molecule has 2 fully saturated rings. The van der Waals surface area contributed by atoms with E-state index in [2.05, 4.69) is 12.2 Å². The van der Waals surface area contributed by atoms with E-state index in [1.807, 2.05) is 0 Å². The molecule has 0 unspecified atom stereocenters. The maximum Gasteiger partial charge on any atom is 0.0901 e. The standard InChI is InChI=1S/C10H19NO/c1-10(7-11-8-10)12-6-9-4-2-3-5-9/h9,11H,2-8H2,1H3. The molecule has 1 saturated heterocycles. The van der Waals surface area contributed by atoms with Crippen LogP contribution >= 0.6 is 0 Å². The molecule has 0 atom stereocenters. The van der Waals surface area contributed by atoms with Gasteiger partial charge in [-0.15, -0.1) is 0 Å². The van der Waals surface area contributed by atoms with Gasteiger partial charge in [-0.2, -0.15) is 0 Å². The molecule has 0 aromatic carbocycles. The van der Waals surface area contributed by atoms with Crippen molar-refractivity contribution in [1.29, 1.82) is 0 Å². The first-order chi connectivity index (χ1) is 5.79.